The first kappa shape index (κ1) is 13.9. The number of primary amides is 1. The molecule has 0 bridgehead atoms. The maximum absolute atomic E-state index is 11.7. The number of hydrogen-bond donors (Lipinski definition) is 2. The fourth-order valence-electron chi connectivity index (χ4n) is 1.32. The number of nitrogens with two attached hydrogens (primary N) is 1. The minimum absolute atomic E-state index is 0.249. The lowest BCUT2D eigenvalue weighted by atomic mass is 10.1. The second kappa shape index (κ2) is 9.43. The molecule has 0 rings (SSSR count). The van der Waals surface area contributed by atoms with E-state index in [4.69, 9.17) is 5.73 Å². The lowest BCUT2D eigenvalue weighted by Gasteiger charge is -2.01. The average molecular weight is 218 g/mol. The van der Waals surface area contributed by atoms with Crippen LogP contribution in [0.5, 0.6) is 0 Å². The molecule has 4 nitrogen and oxygen atoms in total. The predicted molar refractivity (Wildman–Crippen MR) is 56.0 cm³/mol. The Morgan fingerprint density at radius 2 is 1.53 bits per heavy atom. The third-order valence-corrected chi connectivity index (χ3v) is 2.11. The maximum Gasteiger partial charge on any atom is 0.397 e. The summed E-state index contributed by atoms with van der Waals surface area (Å²) in [6, 6.07) is 0. The highest BCUT2D eigenvalue weighted by Gasteiger charge is 1.96. The monoisotopic (exact) mass is 218 g/mol. The number of carbonyl (C=O) groups is 2. The number of carbonyl (C=O) groups excluding carboxylic acids is 2. The first-order chi connectivity index (χ1) is 7.13. The smallest absolute Gasteiger partial charge is 0.370 e. The van der Waals surface area contributed by atoms with Gasteiger partial charge in [0.25, 0.3) is 0 Å². The summed E-state index contributed by atoms with van der Waals surface area (Å²) >= 11 is 0. The molecule has 0 aromatic rings. The molecule has 0 aliphatic heterocycles. The molecule has 0 aromatic carbocycles. The molecule has 5 heteroatoms. The van der Waals surface area contributed by atoms with Crippen LogP contribution in [-0.4, -0.2) is 18.6 Å². The van der Waals surface area contributed by atoms with Gasteiger partial charge in [-0.3, -0.25) is 4.79 Å². The molecule has 3 N–H and O–H groups in total. The van der Waals surface area contributed by atoms with Crippen molar-refractivity contribution in [2.75, 3.05) is 6.54 Å². The van der Waals surface area contributed by atoms with Crippen LogP contribution in [0, 0.1) is 0 Å². The summed E-state index contributed by atoms with van der Waals surface area (Å²) in [6.45, 7) is 0.399. The summed E-state index contributed by atoms with van der Waals surface area (Å²) < 4.78 is 11.7. The van der Waals surface area contributed by atoms with Crippen molar-refractivity contribution < 1.29 is 14.0 Å². The Balaban J connectivity index is 2.99. The molecule has 15 heavy (non-hydrogen) atoms. The number of nitrogens with one attached hydrogen (secondary N) is 1. The van der Waals surface area contributed by atoms with Gasteiger partial charge < -0.3 is 11.1 Å². The minimum Gasteiger partial charge on any atom is -0.370 e. The second-order valence-electron chi connectivity index (χ2n) is 3.54. The van der Waals surface area contributed by atoms with Crippen LogP contribution < -0.4 is 11.1 Å². The van der Waals surface area contributed by atoms with Gasteiger partial charge in [0, 0.05) is 13.0 Å². The molecule has 0 saturated carbocycles. The third-order valence-electron chi connectivity index (χ3n) is 2.11. The Morgan fingerprint density at radius 1 is 1.00 bits per heavy atom. The van der Waals surface area contributed by atoms with E-state index in [1.165, 1.54) is 0 Å². The summed E-state index contributed by atoms with van der Waals surface area (Å²) in [5, 5.41) is 2.10. The SMILES string of the molecule is NC(=O)CCCCCCCCNC(=O)F. The van der Waals surface area contributed by atoms with Crippen LogP contribution in [0.25, 0.3) is 0 Å². The molecule has 0 atom stereocenters. The van der Waals surface area contributed by atoms with E-state index in [0.717, 1.165) is 38.5 Å². The van der Waals surface area contributed by atoms with Crippen LogP contribution in [0.3, 0.4) is 0 Å². The van der Waals surface area contributed by atoms with Gasteiger partial charge in [-0.2, -0.15) is 0 Å². The number of amides is 2. The Hall–Kier alpha value is -1.13. The second-order valence-corrected chi connectivity index (χ2v) is 3.54. The summed E-state index contributed by atoms with van der Waals surface area (Å²) in [4.78, 5) is 20.2. The van der Waals surface area contributed by atoms with Gasteiger partial charge in [0.2, 0.25) is 5.91 Å². The third kappa shape index (κ3) is 12.9. The van der Waals surface area contributed by atoms with Crippen molar-refractivity contribution in [1.29, 1.82) is 0 Å². The van der Waals surface area contributed by atoms with E-state index in [2.05, 4.69) is 5.32 Å². The first-order valence-electron chi connectivity index (χ1n) is 5.34. The van der Waals surface area contributed by atoms with E-state index in [0.29, 0.717) is 13.0 Å². The minimum atomic E-state index is -1.46. The van der Waals surface area contributed by atoms with Crippen molar-refractivity contribution in [2.24, 2.45) is 5.73 Å². The van der Waals surface area contributed by atoms with Crippen LogP contribution in [0.1, 0.15) is 44.9 Å². The topological polar surface area (TPSA) is 72.2 Å². The van der Waals surface area contributed by atoms with Crippen molar-refractivity contribution in [2.45, 2.75) is 44.9 Å². The molecule has 0 fully saturated rings. The summed E-state index contributed by atoms with van der Waals surface area (Å²) in [5.74, 6) is -0.249. The van der Waals surface area contributed by atoms with Crippen molar-refractivity contribution in [1.82, 2.24) is 5.32 Å². The fourth-order valence-corrected chi connectivity index (χ4v) is 1.32. The number of halogens is 1. The fraction of sp³-hybridized carbons (Fsp3) is 0.800. The maximum atomic E-state index is 11.7. The zero-order chi connectivity index (χ0) is 11.5. The van der Waals surface area contributed by atoms with Gasteiger partial charge >= 0.3 is 6.16 Å². The van der Waals surface area contributed by atoms with Crippen LogP contribution >= 0.6 is 0 Å². The molecule has 88 valence electrons. The average Bonchev–Trinajstić information content (AvgIpc) is 2.14. The van der Waals surface area contributed by atoms with E-state index in [9.17, 15) is 14.0 Å². The highest BCUT2D eigenvalue weighted by atomic mass is 19.1. The van der Waals surface area contributed by atoms with Crippen molar-refractivity contribution in [3.8, 4) is 0 Å². The number of unbranched alkanes of at least 4 members (excludes halogenated alkanes) is 5. The summed E-state index contributed by atoms with van der Waals surface area (Å²) in [6.07, 6.45) is 4.70. The van der Waals surface area contributed by atoms with Gasteiger partial charge in [0.15, 0.2) is 0 Å². The van der Waals surface area contributed by atoms with Crippen LogP contribution in [0.15, 0.2) is 0 Å². The van der Waals surface area contributed by atoms with Crippen LogP contribution in [-0.2, 0) is 4.79 Å². The van der Waals surface area contributed by atoms with Crippen molar-refractivity contribution in [3.05, 3.63) is 0 Å². The van der Waals surface area contributed by atoms with Gasteiger partial charge in [-0.15, -0.1) is 4.39 Å². The Morgan fingerprint density at radius 3 is 2.07 bits per heavy atom. The molecule has 0 spiro atoms. The Labute approximate surface area is 89.4 Å². The van der Waals surface area contributed by atoms with E-state index in [1.807, 2.05) is 0 Å². The molecule has 0 aliphatic carbocycles. The molecule has 0 unspecified atom stereocenters. The molecule has 0 aromatic heterocycles. The molecule has 2 amide bonds. The lowest BCUT2D eigenvalue weighted by molar-refractivity contribution is -0.118. The van der Waals surface area contributed by atoms with Gasteiger partial charge in [0.1, 0.15) is 0 Å². The summed E-state index contributed by atoms with van der Waals surface area (Å²) in [5.41, 5.74) is 4.99. The lowest BCUT2D eigenvalue weighted by Crippen LogP contribution is -2.18. The molecule has 0 radical (unpaired) electrons. The Bertz CT molecular complexity index is 178. The van der Waals surface area contributed by atoms with Crippen molar-refractivity contribution >= 4 is 12.1 Å². The van der Waals surface area contributed by atoms with E-state index in [1.54, 1.807) is 0 Å². The quantitative estimate of drug-likeness (QED) is 0.352. The van der Waals surface area contributed by atoms with Gasteiger partial charge in [0.05, 0.1) is 0 Å². The van der Waals surface area contributed by atoms with Gasteiger partial charge in [-0.1, -0.05) is 25.7 Å². The zero-order valence-corrected chi connectivity index (χ0v) is 8.93. The molecule has 0 heterocycles. The van der Waals surface area contributed by atoms with E-state index >= 15 is 0 Å². The molecule has 0 aliphatic rings. The highest BCUT2D eigenvalue weighted by Crippen LogP contribution is 2.06. The van der Waals surface area contributed by atoms with E-state index in [-0.39, 0.29) is 5.91 Å². The largest absolute Gasteiger partial charge is 0.397 e. The first-order valence-corrected chi connectivity index (χ1v) is 5.34. The van der Waals surface area contributed by atoms with Crippen molar-refractivity contribution in [3.63, 3.8) is 0 Å². The van der Waals surface area contributed by atoms with Gasteiger partial charge in [-0.05, 0) is 12.8 Å². The number of hydrogen-bond acceptors (Lipinski definition) is 2. The number of rotatable bonds is 9. The van der Waals surface area contributed by atoms with Gasteiger partial charge in [-0.25, -0.2) is 4.79 Å². The molecular weight excluding hydrogens is 199 g/mol. The zero-order valence-electron chi connectivity index (χ0n) is 8.93. The summed E-state index contributed by atoms with van der Waals surface area (Å²) in [7, 11) is 0. The normalized spacial score (nSPS) is 9.93. The molecule has 0 saturated heterocycles. The highest BCUT2D eigenvalue weighted by molar-refractivity contribution is 5.73. The molecular formula is C10H19FN2O2. The standard InChI is InChI=1S/C10H19FN2O2/c11-10(15)13-8-6-4-2-1-3-5-7-9(12)14/h1-8H2,(H2,12,14)(H,13,15). The Kier molecular flexibility index (Phi) is 8.72. The predicted octanol–water partition coefficient (Wildman–Crippen LogP) is 1.88. The van der Waals surface area contributed by atoms with Crippen LogP contribution in [0.4, 0.5) is 9.18 Å². The van der Waals surface area contributed by atoms with E-state index < -0.39 is 6.16 Å². The van der Waals surface area contributed by atoms with Crippen LogP contribution in [0.2, 0.25) is 0 Å².